The van der Waals surface area contributed by atoms with Crippen LogP contribution < -0.4 is 4.74 Å². The number of aromatic nitrogens is 1. The molecule has 1 heterocycles. The molecule has 0 saturated heterocycles. The second-order valence-electron chi connectivity index (χ2n) is 5.94. The molecule has 5 nitrogen and oxygen atoms in total. The van der Waals surface area contributed by atoms with Crippen molar-refractivity contribution in [3.63, 3.8) is 0 Å². The second-order valence-corrected chi connectivity index (χ2v) is 5.94. The maximum Gasteiger partial charge on any atom is 0.255 e. The summed E-state index contributed by atoms with van der Waals surface area (Å²) in [5, 5.41) is 0. The number of carbonyl (C=O) groups is 1. The van der Waals surface area contributed by atoms with Gasteiger partial charge in [-0.05, 0) is 24.1 Å². The largest absolute Gasteiger partial charge is 0.439 e. The van der Waals surface area contributed by atoms with E-state index in [-0.39, 0.29) is 5.91 Å². The van der Waals surface area contributed by atoms with Gasteiger partial charge < -0.3 is 14.4 Å². The van der Waals surface area contributed by atoms with Crippen LogP contribution in [0.15, 0.2) is 48.7 Å². The van der Waals surface area contributed by atoms with Crippen LogP contribution in [-0.4, -0.2) is 42.6 Å². The van der Waals surface area contributed by atoms with Crippen molar-refractivity contribution in [2.24, 2.45) is 5.92 Å². The topological polar surface area (TPSA) is 51.7 Å². The van der Waals surface area contributed by atoms with Crippen molar-refractivity contribution in [3.05, 3.63) is 54.2 Å². The average Bonchev–Trinajstić information content (AvgIpc) is 2.59. The second kappa shape index (κ2) is 9.03. The molecule has 24 heavy (non-hydrogen) atoms. The summed E-state index contributed by atoms with van der Waals surface area (Å²) in [4.78, 5) is 18.7. The van der Waals surface area contributed by atoms with Crippen LogP contribution in [0.5, 0.6) is 11.6 Å². The highest BCUT2D eigenvalue weighted by molar-refractivity contribution is 5.94. The van der Waals surface area contributed by atoms with Gasteiger partial charge in [-0.15, -0.1) is 0 Å². The van der Waals surface area contributed by atoms with Gasteiger partial charge in [0.2, 0.25) is 5.88 Å². The molecule has 0 aliphatic heterocycles. The average molecular weight is 328 g/mol. The van der Waals surface area contributed by atoms with Gasteiger partial charge in [-0.3, -0.25) is 4.79 Å². The summed E-state index contributed by atoms with van der Waals surface area (Å²) in [7, 11) is 1.63. The minimum absolute atomic E-state index is 0.0421. The van der Waals surface area contributed by atoms with Gasteiger partial charge in [0.15, 0.2) is 0 Å². The van der Waals surface area contributed by atoms with E-state index in [4.69, 9.17) is 9.47 Å². The first-order valence-corrected chi connectivity index (χ1v) is 8.07. The van der Waals surface area contributed by atoms with Crippen LogP contribution in [-0.2, 0) is 4.74 Å². The molecule has 0 fully saturated rings. The fraction of sp³-hybridized carbons (Fsp3) is 0.368. The van der Waals surface area contributed by atoms with Gasteiger partial charge >= 0.3 is 0 Å². The molecule has 0 aliphatic rings. The van der Waals surface area contributed by atoms with E-state index in [1.54, 1.807) is 30.3 Å². The number of benzene rings is 1. The Hall–Kier alpha value is -2.40. The molecule has 2 aromatic rings. The Kier molecular flexibility index (Phi) is 6.75. The van der Waals surface area contributed by atoms with Crippen molar-refractivity contribution in [3.8, 4) is 11.6 Å². The maximum absolute atomic E-state index is 12.6. The van der Waals surface area contributed by atoms with E-state index >= 15 is 0 Å². The third kappa shape index (κ3) is 5.35. The van der Waals surface area contributed by atoms with E-state index in [1.807, 2.05) is 30.3 Å². The highest BCUT2D eigenvalue weighted by Gasteiger charge is 2.17. The Balaban J connectivity index is 2.05. The molecule has 0 saturated carbocycles. The summed E-state index contributed by atoms with van der Waals surface area (Å²) < 4.78 is 10.7. The van der Waals surface area contributed by atoms with Gasteiger partial charge in [0.25, 0.3) is 5.91 Å². The van der Waals surface area contributed by atoms with Crippen LogP contribution in [0.3, 0.4) is 0 Å². The summed E-state index contributed by atoms with van der Waals surface area (Å²) in [6, 6.07) is 12.9. The number of rotatable bonds is 8. The number of hydrogen-bond acceptors (Lipinski definition) is 4. The van der Waals surface area contributed by atoms with Crippen LogP contribution in [0.2, 0.25) is 0 Å². The lowest BCUT2D eigenvalue weighted by Crippen LogP contribution is -2.36. The van der Waals surface area contributed by atoms with E-state index in [0.29, 0.717) is 42.8 Å². The van der Waals surface area contributed by atoms with Gasteiger partial charge in [-0.1, -0.05) is 32.0 Å². The molecule has 0 bridgehead atoms. The van der Waals surface area contributed by atoms with E-state index in [1.165, 1.54) is 0 Å². The molecule has 2 rings (SSSR count). The highest BCUT2D eigenvalue weighted by atomic mass is 16.5. The van der Waals surface area contributed by atoms with Gasteiger partial charge in [0.05, 0.1) is 12.2 Å². The zero-order chi connectivity index (χ0) is 17.4. The van der Waals surface area contributed by atoms with Crippen molar-refractivity contribution in [2.45, 2.75) is 13.8 Å². The fourth-order valence-corrected chi connectivity index (χ4v) is 2.28. The fourth-order valence-electron chi connectivity index (χ4n) is 2.28. The summed E-state index contributed by atoms with van der Waals surface area (Å²) in [6.07, 6.45) is 1.56. The quantitative estimate of drug-likeness (QED) is 0.743. The molecule has 0 radical (unpaired) electrons. The lowest BCUT2D eigenvalue weighted by atomic mass is 10.1. The molecule has 0 atom stereocenters. The minimum atomic E-state index is -0.0421. The summed E-state index contributed by atoms with van der Waals surface area (Å²) in [5.41, 5.74) is 0.548. The van der Waals surface area contributed by atoms with Crippen molar-refractivity contribution in [1.82, 2.24) is 9.88 Å². The number of amides is 1. The van der Waals surface area contributed by atoms with Crippen molar-refractivity contribution in [2.75, 3.05) is 26.8 Å². The number of pyridine rings is 1. The molecule has 0 N–H and O–H groups in total. The van der Waals surface area contributed by atoms with Crippen LogP contribution in [0.4, 0.5) is 0 Å². The molecule has 128 valence electrons. The minimum Gasteiger partial charge on any atom is -0.439 e. The zero-order valence-electron chi connectivity index (χ0n) is 14.4. The predicted molar refractivity (Wildman–Crippen MR) is 93.4 cm³/mol. The molecule has 0 aliphatic carbocycles. The number of hydrogen-bond donors (Lipinski definition) is 0. The van der Waals surface area contributed by atoms with Gasteiger partial charge in [-0.25, -0.2) is 4.98 Å². The molecule has 1 aromatic carbocycles. The SMILES string of the molecule is COCCN(CC(C)C)C(=O)c1ccc(Oc2ccccc2)nc1. The lowest BCUT2D eigenvalue weighted by Gasteiger charge is -2.24. The lowest BCUT2D eigenvalue weighted by molar-refractivity contribution is 0.0672. The van der Waals surface area contributed by atoms with E-state index in [9.17, 15) is 4.79 Å². The van der Waals surface area contributed by atoms with E-state index < -0.39 is 0 Å². The Bertz CT molecular complexity index is 627. The van der Waals surface area contributed by atoms with Gasteiger partial charge in [0, 0.05) is 32.5 Å². The van der Waals surface area contributed by atoms with Gasteiger partial charge in [-0.2, -0.15) is 0 Å². The Morgan fingerprint density at radius 1 is 1.17 bits per heavy atom. The van der Waals surface area contributed by atoms with E-state index in [2.05, 4.69) is 18.8 Å². The molecular weight excluding hydrogens is 304 g/mol. The predicted octanol–water partition coefficient (Wildman–Crippen LogP) is 3.62. The zero-order valence-corrected chi connectivity index (χ0v) is 14.4. The first-order valence-electron chi connectivity index (χ1n) is 8.07. The molecule has 0 spiro atoms. The van der Waals surface area contributed by atoms with Crippen LogP contribution in [0, 0.1) is 5.92 Å². The highest BCUT2D eigenvalue weighted by Crippen LogP contribution is 2.19. The van der Waals surface area contributed by atoms with Crippen molar-refractivity contribution in [1.29, 1.82) is 0 Å². The Morgan fingerprint density at radius 2 is 1.92 bits per heavy atom. The van der Waals surface area contributed by atoms with Crippen molar-refractivity contribution < 1.29 is 14.3 Å². The molecule has 5 heteroatoms. The normalized spacial score (nSPS) is 10.7. The van der Waals surface area contributed by atoms with Gasteiger partial charge in [0.1, 0.15) is 5.75 Å². The number of para-hydroxylation sites is 1. The van der Waals surface area contributed by atoms with Crippen LogP contribution in [0.25, 0.3) is 0 Å². The summed E-state index contributed by atoms with van der Waals surface area (Å²) in [5.74, 6) is 1.52. The monoisotopic (exact) mass is 328 g/mol. The van der Waals surface area contributed by atoms with Crippen LogP contribution in [0.1, 0.15) is 24.2 Å². The standard InChI is InChI=1S/C19H24N2O3/c1-15(2)14-21(11-12-23-3)19(22)16-9-10-18(20-13-16)24-17-7-5-4-6-8-17/h4-10,13,15H,11-12,14H2,1-3H3. The first-order chi connectivity index (χ1) is 11.6. The maximum atomic E-state index is 12.6. The smallest absolute Gasteiger partial charge is 0.255 e. The third-order valence-electron chi connectivity index (χ3n) is 3.39. The third-order valence-corrected chi connectivity index (χ3v) is 3.39. The number of carbonyl (C=O) groups excluding carboxylic acids is 1. The first kappa shape index (κ1) is 17.9. The van der Waals surface area contributed by atoms with E-state index in [0.717, 1.165) is 0 Å². The molecular formula is C19H24N2O3. The Morgan fingerprint density at radius 3 is 2.50 bits per heavy atom. The van der Waals surface area contributed by atoms with Crippen LogP contribution >= 0.6 is 0 Å². The number of ether oxygens (including phenoxy) is 2. The number of nitrogens with zero attached hydrogens (tertiary/aromatic N) is 2. The molecule has 0 unspecified atom stereocenters. The summed E-state index contributed by atoms with van der Waals surface area (Å²) >= 11 is 0. The molecule has 1 aromatic heterocycles. The van der Waals surface area contributed by atoms with Crippen molar-refractivity contribution >= 4 is 5.91 Å². The summed E-state index contributed by atoms with van der Waals surface area (Å²) in [6.45, 7) is 5.94. The Labute approximate surface area is 143 Å². The molecule has 1 amide bonds. The number of methoxy groups -OCH3 is 1.